The highest BCUT2D eigenvalue weighted by Gasteiger charge is 2.10. The minimum atomic E-state index is -0.161. The lowest BCUT2D eigenvalue weighted by atomic mass is 10.1. The highest BCUT2D eigenvalue weighted by molar-refractivity contribution is 7.99. The monoisotopic (exact) mass is 241 g/mol. The number of nitrogens with one attached hydrogen (secondary N) is 1. The molecule has 0 saturated heterocycles. The summed E-state index contributed by atoms with van der Waals surface area (Å²) in [6.07, 6.45) is 0. The predicted octanol–water partition coefficient (Wildman–Crippen LogP) is 3.48. The van der Waals surface area contributed by atoms with Gasteiger partial charge in [-0.15, -0.1) is 0 Å². The van der Waals surface area contributed by atoms with E-state index in [1.807, 2.05) is 24.9 Å². The van der Waals surface area contributed by atoms with E-state index in [0.29, 0.717) is 5.92 Å². The zero-order chi connectivity index (χ0) is 12.0. The normalized spacial score (nSPS) is 13.1. The van der Waals surface area contributed by atoms with E-state index in [1.165, 1.54) is 6.07 Å². The van der Waals surface area contributed by atoms with Crippen LogP contribution >= 0.6 is 11.8 Å². The summed E-state index contributed by atoms with van der Waals surface area (Å²) in [5.74, 6) is 2.67. The molecule has 0 aliphatic carbocycles. The Balaban J connectivity index is 2.53. The van der Waals surface area contributed by atoms with Crippen LogP contribution in [0.2, 0.25) is 0 Å². The van der Waals surface area contributed by atoms with E-state index in [2.05, 4.69) is 19.2 Å². The van der Waals surface area contributed by atoms with Gasteiger partial charge < -0.3 is 5.32 Å². The van der Waals surface area contributed by atoms with E-state index in [-0.39, 0.29) is 11.9 Å². The molecule has 1 nitrogen and oxygen atoms in total. The summed E-state index contributed by atoms with van der Waals surface area (Å²) in [7, 11) is 1.92. The molecule has 1 atom stereocenters. The minimum Gasteiger partial charge on any atom is -0.312 e. The number of halogens is 1. The van der Waals surface area contributed by atoms with E-state index in [0.717, 1.165) is 17.1 Å². The number of rotatable bonds is 6. The van der Waals surface area contributed by atoms with Gasteiger partial charge in [-0.25, -0.2) is 4.39 Å². The van der Waals surface area contributed by atoms with Gasteiger partial charge in [-0.3, -0.25) is 0 Å². The zero-order valence-electron chi connectivity index (χ0n) is 10.2. The van der Waals surface area contributed by atoms with Crippen LogP contribution in [-0.2, 0) is 0 Å². The van der Waals surface area contributed by atoms with Gasteiger partial charge in [0.25, 0.3) is 0 Å². The molecule has 0 bridgehead atoms. The Morgan fingerprint density at radius 3 is 2.62 bits per heavy atom. The van der Waals surface area contributed by atoms with Gasteiger partial charge in [0, 0.05) is 11.8 Å². The van der Waals surface area contributed by atoms with Gasteiger partial charge in [-0.2, -0.15) is 11.8 Å². The molecule has 1 rings (SSSR count). The average Bonchev–Trinajstić information content (AvgIpc) is 2.24. The number of thioether (sulfide) groups is 1. The standard InChI is InChI=1S/C13H20FNS/c1-10(2)8-16-9-13(15-3)11-5-4-6-12(14)7-11/h4-7,10,13,15H,8-9H2,1-3H3. The molecule has 0 fully saturated rings. The van der Waals surface area contributed by atoms with Gasteiger partial charge in [0.1, 0.15) is 5.82 Å². The second-order valence-electron chi connectivity index (χ2n) is 4.33. The Bertz CT molecular complexity index is 315. The fourth-order valence-electron chi connectivity index (χ4n) is 1.49. The van der Waals surface area contributed by atoms with E-state index >= 15 is 0 Å². The van der Waals surface area contributed by atoms with Gasteiger partial charge in [0.05, 0.1) is 0 Å². The lowest BCUT2D eigenvalue weighted by Crippen LogP contribution is -2.19. The van der Waals surface area contributed by atoms with Gasteiger partial charge in [-0.05, 0) is 36.4 Å². The third kappa shape index (κ3) is 4.54. The van der Waals surface area contributed by atoms with Crippen molar-refractivity contribution in [3.05, 3.63) is 35.6 Å². The van der Waals surface area contributed by atoms with Crippen molar-refractivity contribution < 1.29 is 4.39 Å². The molecule has 0 heterocycles. The molecule has 1 aromatic rings. The molecule has 0 saturated carbocycles. The van der Waals surface area contributed by atoms with Crippen LogP contribution in [0.25, 0.3) is 0 Å². The van der Waals surface area contributed by atoms with Crippen LogP contribution in [0.5, 0.6) is 0 Å². The first-order valence-electron chi connectivity index (χ1n) is 5.64. The average molecular weight is 241 g/mol. The van der Waals surface area contributed by atoms with Gasteiger partial charge in [-0.1, -0.05) is 26.0 Å². The van der Waals surface area contributed by atoms with Gasteiger partial charge in [0.2, 0.25) is 0 Å². The number of hydrogen-bond donors (Lipinski definition) is 1. The van der Waals surface area contributed by atoms with Crippen molar-refractivity contribution in [3.63, 3.8) is 0 Å². The highest BCUT2D eigenvalue weighted by atomic mass is 32.2. The quantitative estimate of drug-likeness (QED) is 0.818. The smallest absolute Gasteiger partial charge is 0.123 e. The zero-order valence-corrected chi connectivity index (χ0v) is 11.0. The Labute approximate surface area is 102 Å². The topological polar surface area (TPSA) is 12.0 Å². The molecule has 16 heavy (non-hydrogen) atoms. The van der Waals surface area contributed by atoms with Gasteiger partial charge >= 0.3 is 0 Å². The van der Waals surface area contributed by atoms with Crippen LogP contribution in [0.1, 0.15) is 25.5 Å². The van der Waals surface area contributed by atoms with Crippen molar-refractivity contribution in [1.82, 2.24) is 5.32 Å². The Morgan fingerprint density at radius 1 is 1.31 bits per heavy atom. The fraction of sp³-hybridized carbons (Fsp3) is 0.538. The Morgan fingerprint density at radius 2 is 2.06 bits per heavy atom. The molecule has 1 aromatic carbocycles. The van der Waals surface area contributed by atoms with Crippen molar-refractivity contribution in [3.8, 4) is 0 Å². The predicted molar refractivity (Wildman–Crippen MR) is 70.4 cm³/mol. The first-order valence-corrected chi connectivity index (χ1v) is 6.79. The summed E-state index contributed by atoms with van der Waals surface area (Å²) in [6.45, 7) is 4.42. The van der Waals surface area contributed by atoms with Crippen molar-refractivity contribution in [2.45, 2.75) is 19.9 Å². The lowest BCUT2D eigenvalue weighted by Gasteiger charge is -2.17. The van der Waals surface area contributed by atoms with E-state index < -0.39 is 0 Å². The largest absolute Gasteiger partial charge is 0.312 e. The Kier molecular flexibility index (Phi) is 5.85. The van der Waals surface area contributed by atoms with Crippen LogP contribution in [-0.4, -0.2) is 18.6 Å². The molecule has 0 aliphatic rings. The molecule has 0 spiro atoms. The van der Waals surface area contributed by atoms with E-state index in [4.69, 9.17) is 0 Å². The summed E-state index contributed by atoms with van der Waals surface area (Å²) >= 11 is 1.91. The fourth-order valence-corrected chi connectivity index (χ4v) is 2.69. The second-order valence-corrected chi connectivity index (χ2v) is 5.40. The summed E-state index contributed by atoms with van der Waals surface area (Å²) in [6, 6.07) is 7.07. The van der Waals surface area contributed by atoms with Crippen molar-refractivity contribution in [2.75, 3.05) is 18.6 Å². The van der Waals surface area contributed by atoms with Crippen LogP contribution in [0, 0.1) is 11.7 Å². The molecule has 90 valence electrons. The summed E-state index contributed by atoms with van der Waals surface area (Å²) in [5.41, 5.74) is 1.03. The first-order chi connectivity index (χ1) is 7.63. The molecule has 1 N–H and O–H groups in total. The molecule has 0 amide bonds. The number of benzene rings is 1. The SMILES string of the molecule is CNC(CSCC(C)C)c1cccc(F)c1. The first kappa shape index (κ1) is 13.5. The summed E-state index contributed by atoms with van der Waals surface area (Å²) in [5, 5.41) is 3.23. The van der Waals surface area contributed by atoms with Crippen LogP contribution in [0.15, 0.2) is 24.3 Å². The molecule has 1 unspecified atom stereocenters. The van der Waals surface area contributed by atoms with Crippen LogP contribution in [0.3, 0.4) is 0 Å². The minimum absolute atomic E-state index is 0.161. The summed E-state index contributed by atoms with van der Waals surface area (Å²) in [4.78, 5) is 0. The maximum atomic E-state index is 13.1. The second kappa shape index (κ2) is 6.92. The molecular formula is C13H20FNS. The molecule has 0 radical (unpaired) electrons. The van der Waals surface area contributed by atoms with E-state index in [9.17, 15) is 4.39 Å². The molecule has 0 aromatic heterocycles. The van der Waals surface area contributed by atoms with Crippen molar-refractivity contribution in [1.29, 1.82) is 0 Å². The van der Waals surface area contributed by atoms with Crippen molar-refractivity contribution in [2.24, 2.45) is 5.92 Å². The molecular weight excluding hydrogens is 221 g/mol. The third-order valence-corrected chi connectivity index (χ3v) is 3.81. The highest BCUT2D eigenvalue weighted by Crippen LogP contribution is 2.20. The van der Waals surface area contributed by atoms with Crippen LogP contribution in [0.4, 0.5) is 4.39 Å². The van der Waals surface area contributed by atoms with Crippen LogP contribution < -0.4 is 5.32 Å². The number of hydrogen-bond acceptors (Lipinski definition) is 2. The lowest BCUT2D eigenvalue weighted by molar-refractivity contribution is 0.611. The Hall–Kier alpha value is -0.540. The maximum Gasteiger partial charge on any atom is 0.123 e. The third-order valence-electron chi connectivity index (χ3n) is 2.34. The molecule has 0 aliphatic heterocycles. The molecule has 3 heteroatoms. The maximum absolute atomic E-state index is 13.1. The summed E-state index contributed by atoms with van der Waals surface area (Å²) < 4.78 is 13.1. The van der Waals surface area contributed by atoms with E-state index in [1.54, 1.807) is 12.1 Å². The van der Waals surface area contributed by atoms with Gasteiger partial charge in [0.15, 0.2) is 0 Å². The van der Waals surface area contributed by atoms with Crippen molar-refractivity contribution >= 4 is 11.8 Å².